The molecule has 2 saturated heterocycles. The van der Waals surface area contributed by atoms with E-state index in [0.717, 1.165) is 61.5 Å². The SMILES string of the molecule is O=C1CCC2(CCN(c3ncnc4sccc34)CC2)CN1Cc1ccccc1. The van der Waals surface area contributed by atoms with Crippen molar-refractivity contribution in [1.29, 1.82) is 0 Å². The molecule has 2 fully saturated rings. The minimum atomic E-state index is 0.250. The van der Waals surface area contributed by atoms with Crippen LogP contribution in [0.1, 0.15) is 31.2 Å². The lowest BCUT2D eigenvalue weighted by Crippen LogP contribution is -2.51. The van der Waals surface area contributed by atoms with Gasteiger partial charge in [0.2, 0.25) is 5.91 Å². The summed E-state index contributed by atoms with van der Waals surface area (Å²) in [5, 5.41) is 3.25. The van der Waals surface area contributed by atoms with Crippen LogP contribution in [-0.4, -0.2) is 40.4 Å². The number of fused-ring (bicyclic) bond motifs is 1. The van der Waals surface area contributed by atoms with Crippen LogP contribution in [0, 0.1) is 5.41 Å². The highest BCUT2D eigenvalue weighted by atomic mass is 32.1. The van der Waals surface area contributed by atoms with Gasteiger partial charge in [0.1, 0.15) is 17.0 Å². The molecule has 1 aromatic carbocycles. The Labute approximate surface area is 169 Å². The molecule has 28 heavy (non-hydrogen) atoms. The predicted octanol–water partition coefficient (Wildman–Crippen LogP) is 4.10. The van der Waals surface area contributed by atoms with Gasteiger partial charge in [0.05, 0.1) is 5.39 Å². The van der Waals surface area contributed by atoms with E-state index in [1.807, 2.05) is 18.2 Å². The van der Waals surface area contributed by atoms with Crippen molar-refractivity contribution in [2.24, 2.45) is 5.41 Å². The van der Waals surface area contributed by atoms with Crippen LogP contribution in [0.3, 0.4) is 0 Å². The molecule has 2 aliphatic heterocycles. The average molecular weight is 393 g/mol. The van der Waals surface area contributed by atoms with Gasteiger partial charge >= 0.3 is 0 Å². The van der Waals surface area contributed by atoms with Crippen LogP contribution in [0.25, 0.3) is 10.2 Å². The van der Waals surface area contributed by atoms with Gasteiger partial charge in [-0.3, -0.25) is 4.79 Å². The van der Waals surface area contributed by atoms with E-state index in [0.29, 0.717) is 12.3 Å². The smallest absolute Gasteiger partial charge is 0.222 e. The van der Waals surface area contributed by atoms with Crippen LogP contribution < -0.4 is 4.90 Å². The van der Waals surface area contributed by atoms with Gasteiger partial charge in [-0.15, -0.1) is 11.3 Å². The first-order valence-electron chi connectivity index (χ1n) is 9.97. The minimum Gasteiger partial charge on any atom is -0.356 e. The summed E-state index contributed by atoms with van der Waals surface area (Å²) in [7, 11) is 0. The number of hydrogen-bond acceptors (Lipinski definition) is 5. The Balaban J connectivity index is 1.30. The Kier molecular flexibility index (Phi) is 4.51. The number of benzene rings is 1. The van der Waals surface area contributed by atoms with E-state index in [2.05, 4.69) is 43.3 Å². The van der Waals surface area contributed by atoms with Gasteiger partial charge in [-0.25, -0.2) is 9.97 Å². The van der Waals surface area contributed by atoms with Crippen molar-refractivity contribution in [1.82, 2.24) is 14.9 Å². The fourth-order valence-corrected chi connectivity index (χ4v) is 5.41. The van der Waals surface area contributed by atoms with Gasteiger partial charge in [-0.2, -0.15) is 0 Å². The predicted molar refractivity (Wildman–Crippen MR) is 112 cm³/mol. The van der Waals surface area contributed by atoms with Crippen molar-refractivity contribution in [2.75, 3.05) is 24.5 Å². The largest absolute Gasteiger partial charge is 0.356 e. The fourth-order valence-electron chi connectivity index (χ4n) is 4.68. The third-order valence-corrected chi connectivity index (χ3v) is 7.15. The molecule has 0 N–H and O–H groups in total. The number of carbonyl (C=O) groups excluding carboxylic acids is 1. The normalized spacial score (nSPS) is 19.5. The summed E-state index contributed by atoms with van der Waals surface area (Å²) in [5.74, 6) is 1.36. The van der Waals surface area contributed by atoms with E-state index >= 15 is 0 Å². The Morgan fingerprint density at radius 1 is 1.04 bits per heavy atom. The Bertz CT molecular complexity index is 978. The van der Waals surface area contributed by atoms with Crippen LogP contribution in [0.15, 0.2) is 48.1 Å². The third-order valence-electron chi connectivity index (χ3n) is 6.33. The topological polar surface area (TPSA) is 49.3 Å². The minimum absolute atomic E-state index is 0.250. The summed E-state index contributed by atoms with van der Waals surface area (Å²) in [6, 6.07) is 12.5. The molecule has 2 aromatic heterocycles. The van der Waals surface area contributed by atoms with Gasteiger partial charge in [0.25, 0.3) is 0 Å². The van der Waals surface area contributed by atoms with Gasteiger partial charge in [0, 0.05) is 32.6 Å². The second kappa shape index (κ2) is 7.17. The maximum atomic E-state index is 12.5. The first-order valence-corrected chi connectivity index (χ1v) is 10.9. The van der Waals surface area contributed by atoms with Crippen molar-refractivity contribution in [3.63, 3.8) is 0 Å². The van der Waals surface area contributed by atoms with E-state index in [1.165, 1.54) is 5.56 Å². The Morgan fingerprint density at radius 3 is 2.68 bits per heavy atom. The maximum Gasteiger partial charge on any atom is 0.222 e. The second-order valence-corrected chi connectivity index (χ2v) is 8.95. The molecule has 6 heteroatoms. The van der Waals surface area contributed by atoms with E-state index in [-0.39, 0.29) is 5.41 Å². The number of hydrogen-bond donors (Lipinski definition) is 0. The molecule has 1 spiro atoms. The molecule has 4 heterocycles. The Hall–Kier alpha value is -2.47. The quantitative estimate of drug-likeness (QED) is 0.673. The van der Waals surface area contributed by atoms with Gasteiger partial charge < -0.3 is 9.80 Å². The first kappa shape index (κ1) is 17.6. The molecular weight excluding hydrogens is 368 g/mol. The Morgan fingerprint density at radius 2 is 1.86 bits per heavy atom. The van der Waals surface area contributed by atoms with Crippen molar-refractivity contribution >= 4 is 33.3 Å². The summed E-state index contributed by atoms with van der Waals surface area (Å²) in [5.41, 5.74) is 1.46. The number of carbonyl (C=O) groups is 1. The number of aromatic nitrogens is 2. The summed E-state index contributed by atoms with van der Waals surface area (Å²) < 4.78 is 0. The van der Waals surface area contributed by atoms with Crippen molar-refractivity contribution in [3.8, 4) is 0 Å². The highest BCUT2D eigenvalue weighted by Gasteiger charge is 2.41. The van der Waals surface area contributed by atoms with Gasteiger partial charge in [-0.05, 0) is 41.7 Å². The number of piperidine rings is 2. The highest BCUT2D eigenvalue weighted by molar-refractivity contribution is 7.16. The zero-order valence-electron chi connectivity index (χ0n) is 15.9. The van der Waals surface area contributed by atoms with Gasteiger partial charge in [-0.1, -0.05) is 30.3 Å². The monoisotopic (exact) mass is 392 g/mol. The molecule has 0 saturated carbocycles. The van der Waals surface area contributed by atoms with Gasteiger partial charge in [0.15, 0.2) is 0 Å². The number of likely N-dealkylation sites (tertiary alicyclic amines) is 1. The number of thiophene rings is 1. The number of amides is 1. The molecular formula is C22H24N4OS. The number of rotatable bonds is 3. The molecule has 0 radical (unpaired) electrons. The molecule has 3 aromatic rings. The lowest BCUT2D eigenvalue weighted by molar-refractivity contribution is -0.139. The zero-order valence-corrected chi connectivity index (χ0v) is 16.7. The summed E-state index contributed by atoms with van der Waals surface area (Å²) in [6.07, 6.45) is 5.60. The summed E-state index contributed by atoms with van der Waals surface area (Å²) in [6.45, 7) is 3.60. The van der Waals surface area contributed by atoms with Crippen LogP contribution in [0.2, 0.25) is 0 Å². The average Bonchev–Trinajstić information content (AvgIpc) is 3.21. The van der Waals surface area contributed by atoms with Crippen LogP contribution in [-0.2, 0) is 11.3 Å². The third kappa shape index (κ3) is 3.26. The summed E-state index contributed by atoms with van der Waals surface area (Å²) >= 11 is 1.67. The molecule has 0 unspecified atom stereocenters. The summed E-state index contributed by atoms with van der Waals surface area (Å²) in [4.78, 5) is 27.0. The van der Waals surface area contributed by atoms with E-state index in [1.54, 1.807) is 17.7 Å². The first-order chi connectivity index (χ1) is 13.7. The second-order valence-electron chi connectivity index (χ2n) is 8.06. The van der Waals surface area contributed by atoms with Crippen LogP contribution in [0.5, 0.6) is 0 Å². The molecule has 5 rings (SSSR count). The standard InChI is InChI=1S/C22H24N4OS/c27-19-6-8-22(15-26(19)14-17-4-2-1-3-5-17)9-11-25(12-10-22)20-18-7-13-28-21(18)24-16-23-20/h1-5,7,13,16H,6,8-12,14-15H2. The number of nitrogens with zero attached hydrogens (tertiary/aromatic N) is 4. The highest BCUT2D eigenvalue weighted by Crippen LogP contribution is 2.42. The lowest BCUT2D eigenvalue weighted by atomic mass is 9.72. The van der Waals surface area contributed by atoms with Crippen molar-refractivity contribution in [2.45, 2.75) is 32.2 Å². The van der Waals surface area contributed by atoms with Crippen molar-refractivity contribution in [3.05, 3.63) is 53.7 Å². The molecule has 0 aliphatic carbocycles. The van der Waals surface area contributed by atoms with E-state index in [4.69, 9.17) is 0 Å². The van der Waals surface area contributed by atoms with Crippen LogP contribution >= 0.6 is 11.3 Å². The fraction of sp³-hybridized carbons (Fsp3) is 0.409. The maximum absolute atomic E-state index is 12.5. The van der Waals surface area contributed by atoms with E-state index in [9.17, 15) is 4.79 Å². The molecule has 2 aliphatic rings. The lowest BCUT2D eigenvalue weighted by Gasteiger charge is -2.47. The van der Waals surface area contributed by atoms with E-state index < -0.39 is 0 Å². The molecule has 0 bridgehead atoms. The molecule has 5 nitrogen and oxygen atoms in total. The van der Waals surface area contributed by atoms with Crippen molar-refractivity contribution < 1.29 is 4.79 Å². The molecule has 0 atom stereocenters. The zero-order chi connectivity index (χ0) is 19.0. The number of anilines is 1. The molecule has 144 valence electrons. The molecule has 1 amide bonds. The van der Waals surface area contributed by atoms with Crippen LogP contribution in [0.4, 0.5) is 5.82 Å².